The normalized spacial score (nSPS) is 19.8. The maximum absolute atomic E-state index is 12.0. The molecular weight excluding hydrogens is 264 g/mol. The van der Waals surface area contributed by atoms with Gasteiger partial charge in [-0.05, 0) is 24.7 Å². The second-order valence-electron chi connectivity index (χ2n) is 5.94. The summed E-state index contributed by atoms with van der Waals surface area (Å²) in [5.41, 5.74) is 0.169. The average molecular weight is 286 g/mol. The Morgan fingerprint density at radius 1 is 1.20 bits per heavy atom. The molecule has 114 valence electrons. The molecule has 20 heavy (non-hydrogen) atoms. The molecule has 1 aliphatic rings. The van der Waals surface area contributed by atoms with Crippen LogP contribution >= 0.6 is 0 Å². The molecule has 0 aliphatic carbocycles. The lowest BCUT2D eigenvalue weighted by Gasteiger charge is -2.24. The number of rotatable bonds is 4. The van der Waals surface area contributed by atoms with Crippen molar-refractivity contribution in [2.24, 2.45) is 5.41 Å². The highest BCUT2D eigenvalue weighted by molar-refractivity contribution is 5.86. The molecule has 7 heteroatoms. The minimum atomic E-state index is -1.39. The summed E-state index contributed by atoms with van der Waals surface area (Å²) in [6.07, 6.45) is 2.09. The van der Waals surface area contributed by atoms with E-state index in [1.54, 1.807) is 4.90 Å². The number of likely N-dealkylation sites (tertiary alicyclic amines) is 1. The van der Waals surface area contributed by atoms with Gasteiger partial charge in [0.05, 0.1) is 6.42 Å². The van der Waals surface area contributed by atoms with Crippen LogP contribution in [0.25, 0.3) is 0 Å². The van der Waals surface area contributed by atoms with Crippen LogP contribution in [0.1, 0.15) is 39.5 Å². The van der Waals surface area contributed by atoms with Gasteiger partial charge in [-0.2, -0.15) is 0 Å². The fourth-order valence-corrected chi connectivity index (χ4v) is 2.24. The van der Waals surface area contributed by atoms with Crippen molar-refractivity contribution in [3.63, 3.8) is 0 Å². The predicted octanol–water partition coefficient (Wildman–Crippen LogP) is 1.14. The van der Waals surface area contributed by atoms with Crippen LogP contribution in [0.15, 0.2) is 0 Å². The summed E-state index contributed by atoms with van der Waals surface area (Å²) in [5.74, 6) is -2.59. The van der Waals surface area contributed by atoms with E-state index in [1.165, 1.54) is 0 Å². The van der Waals surface area contributed by atoms with E-state index >= 15 is 0 Å². The molecule has 7 nitrogen and oxygen atoms in total. The Morgan fingerprint density at radius 2 is 1.85 bits per heavy atom. The summed E-state index contributed by atoms with van der Waals surface area (Å²) in [5, 5.41) is 19.8. The highest BCUT2D eigenvalue weighted by atomic mass is 16.4. The van der Waals surface area contributed by atoms with Crippen molar-refractivity contribution in [2.75, 3.05) is 13.1 Å². The number of carbonyl (C=O) groups is 3. The van der Waals surface area contributed by atoms with Crippen molar-refractivity contribution in [1.29, 1.82) is 0 Å². The van der Waals surface area contributed by atoms with E-state index in [0.717, 1.165) is 19.3 Å². The topological polar surface area (TPSA) is 107 Å². The van der Waals surface area contributed by atoms with E-state index in [4.69, 9.17) is 10.2 Å². The first-order chi connectivity index (χ1) is 9.21. The SMILES string of the molecule is CC1(C)CCCN(C(=O)NC(CC(=O)O)C(=O)O)CC1. The Balaban J connectivity index is 2.60. The summed E-state index contributed by atoms with van der Waals surface area (Å²) >= 11 is 0. The molecule has 0 aromatic heterocycles. The number of hydrogen-bond acceptors (Lipinski definition) is 3. The van der Waals surface area contributed by atoms with Gasteiger partial charge < -0.3 is 20.4 Å². The third kappa shape index (κ3) is 5.07. The van der Waals surface area contributed by atoms with E-state index in [9.17, 15) is 14.4 Å². The molecule has 2 amide bonds. The molecule has 1 atom stereocenters. The summed E-state index contributed by atoms with van der Waals surface area (Å²) in [6.45, 7) is 5.39. The van der Waals surface area contributed by atoms with Gasteiger partial charge in [-0.1, -0.05) is 13.8 Å². The fraction of sp³-hybridized carbons (Fsp3) is 0.769. The van der Waals surface area contributed by atoms with Gasteiger partial charge in [-0.25, -0.2) is 9.59 Å². The van der Waals surface area contributed by atoms with Crippen LogP contribution in [0.4, 0.5) is 4.79 Å². The van der Waals surface area contributed by atoms with Gasteiger partial charge in [-0.15, -0.1) is 0 Å². The van der Waals surface area contributed by atoms with Crippen molar-refractivity contribution < 1.29 is 24.6 Å². The van der Waals surface area contributed by atoms with Crippen LogP contribution in [-0.2, 0) is 9.59 Å². The molecule has 0 aromatic rings. The van der Waals surface area contributed by atoms with Gasteiger partial charge in [-0.3, -0.25) is 4.79 Å². The number of nitrogens with one attached hydrogen (secondary N) is 1. The van der Waals surface area contributed by atoms with E-state index in [1.807, 2.05) is 0 Å². The number of carbonyl (C=O) groups excluding carboxylic acids is 1. The van der Waals surface area contributed by atoms with E-state index < -0.39 is 30.4 Å². The Morgan fingerprint density at radius 3 is 2.40 bits per heavy atom. The molecular formula is C13H22N2O5. The van der Waals surface area contributed by atoms with Gasteiger partial charge in [0, 0.05) is 13.1 Å². The van der Waals surface area contributed by atoms with Crippen molar-refractivity contribution in [3.05, 3.63) is 0 Å². The second-order valence-corrected chi connectivity index (χ2v) is 5.94. The highest BCUT2D eigenvalue weighted by Crippen LogP contribution is 2.29. The lowest BCUT2D eigenvalue weighted by Crippen LogP contribution is -2.49. The van der Waals surface area contributed by atoms with Crippen LogP contribution in [0, 0.1) is 5.41 Å². The van der Waals surface area contributed by atoms with Gasteiger partial charge in [0.1, 0.15) is 6.04 Å². The van der Waals surface area contributed by atoms with Crippen molar-refractivity contribution in [3.8, 4) is 0 Å². The Kier molecular flexibility index (Phi) is 5.35. The number of urea groups is 1. The number of hydrogen-bond donors (Lipinski definition) is 3. The van der Waals surface area contributed by atoms with Crippen molar-refractivity contribution >= 4 is 18.0 Å². The number of aliphatic carboxylic acids is 2. The minimum absolute atomic E-state index is 0.169. The molecule has 0 bridgehead atoms. The molecule has 1 unspecified atom stereocenters. The van der Waals surface area contributed by atoms with Crippen molar-refractivity contribution in [2.45, 2.75) is 45.6 Å². The van der Waals surface area contributed by atoms with E-state index in [-0.39, 0.29) is 5.41 Å². The summed E-state index contributed by atoms with van der Waals surface area (Å²) < 4.78 is 0. The molecule has 0 aromatic carbocycles. The second kappa shape index (κ2) is 6.58. The maximum Gasteiger partial charge on any atom is 0.326 e. The fourth-order valence-electron chi connectivity index (χ4n) is 2.24. The van der Waals surface area contributed by atoms with Gasteiger partial charge in [0.25, 0.3) is 0 Å². The number of carboxylic acids is 2. The largest absolute Gasteiger partial charge is 0.481 e. The molecule has 1 aliphatic heterocycles. The quantitative estimate of drug-likeness (QED) is 0.718. The number of nitrogens with zero attached hydrogens (tertiary/aromatic N) is 1. The maximum atomic E-state index is 12.0. The predicted molar refractivity (Wildman–Crippen MR) is 71.4 cm³/mol. The first-order valence-corrected chi connectivity index (χ1v) is 6.71. The van der Waals surface area contributed by atoms with E-state index in [2.05, 4.69) is 19.2 Å². The molecule has 1 fully saturated rings. The monoisotopic (exact) mass is 286 g/mol. The summed E-state index contributed by atoms with van der Waals surface area (Å²) in [4.78, 5) is 35.1. The van der Waals surface area contributed by atoms with Crippen molar-refractivity contribution in [1.82, 2.24) is 10.2 Å². The molecule has 0 radical (unpaired) electrons. The van der Waals surface area contributed by atoms with Crippen LogP contribution < -0.4 is 5.32 Å². The lowest BCUT2D eigenvalue weighted by atomic mass is 9.85. The molecule has 0 spiro atoms. The summed E-state index contributed by atoms with van der Waals surface area (Å²) in [6, 6.07) is -1.90. The highest BCUT2D eigenvalue weighted by Gasteiger charge is 2.28. The zero-order valence-electron chi connectivity index (χ0n) is 11.9. The summed E-state index contributed by atoms with van der Waals surface area (Å²) in [7, 11) is 0. The standard InChI is InChI=1S/C13H22N2O5/c1-13(2)4-3-6-15(7-5-13)12(20)14-9(11(18)19)8-10(16)17/h9H,3-8H2,1-2H3,(H,14,20)(H,16,17)(H,18,19). The zero-order valence-corrected chi connectivity index (χ0v) is 11.9. The smallest absolute Gasteiger partial charge is 0.326 e. The molecule has 1 heterocycles. The molecule has 0 saturated carbocycles. The average Bonchev–Trinajstić information content (AvgIpc) is 2.48. The number of carboxylic acid groups (broad SMARTS) is 2. The molecule has 3 N–H and O–H groups in total. The van der Waals surface area contributed by atoms with Crippen LogP contribution in [-0.4, -0.2) is 52.2 Å². The Labute approximate surface area is 117 Å². The first kappa shape index (κ1) is 16.3. The third-order valence-corrected chi connectivity index (χ3v) is 3.60. The van der Waals surface area contributed by atoms with Crippen LogP contribution in [0.5, 0.6) is 0 Å². The Hall–Kier alpha value is -1.79. The van der Waals surface area contributed by atoms with E-state index in [0.29, 0.717) is 13.1 Å². The molecule has 1 saturated heterocycles. The Bertz CT molecular complexity index is 394. The minimum Gasteiger partial charge on any atom is -0.481 e. The zero-order chi connectivity index (χ0) is 15.3. The molecule has 1 rings (SSSR count). The van der Waals surface area contributed by atoms with Gasteiger partial charge in [0.2, 0.25) is 0 Å². The van der Waals surface area contributed by atoms with Gasteiger partial charge >= 0.3 is 18.0 Å². The van der Waals surface area contributed by atoms with Crippen LogP contribution in [0.3, 0.4) is 0 Å². The van der Waals surface area contributed by atoms with Gasteiger partial charge in [0.15, 0.2) is 0 Å². The number of amides is 2. The third-order valence-electron chi connectivity index (χ3n) is 3.60. The first-order valence-electron chi connectivity index (χ1n) is 6.71. The van der Waals surface area contributed by atoms with Crippen LogP contribution in [0.2, 0.25) is 0 Å². The lowest BCUT2D eigenvalue weighted by molar-refractivity contribution is -0.145.